The summed E-state index contributed by atoms with van der Waals surface area (Å²) < 4.78 is 5.15. The first kappa shape index (κ1) is 14.6. The predicted octanol–water partition coefficient (Wildman–Crippen LogP) is 3.40. The van der Waals surface area contributed by atoms with Gasteiger partial charge < -0.3 is 4.74 Å². The zero-order valence-corrected chi connectivity index (χ0v) is 11.5. The molecular formula is C14H17NO2S. The SMILES string of the molecule is CC(C)OC(=O)c1cccc(CSCCC#N)c1. The van der Waals surface area contributed by atoms with Gasteiger partial charge >= 0.3 is 5.97 Å². The highest BCUT2D eigenvalue weighted by Crippen LogP contribution is 2.15. The van der Waals surface area contributed by atoms with Gasteiger partial charge in [0.15, 0.2) is 0 Å². The lowest BCUT2D eigenvalue weighted by Gasteiger charge is -2.08. The Morgan fingerprint density at radius 1 is 1.50 bits per heavy atom. The summed E-state index contributed by atoms with van der Waals surface area (Å²) in [4.78, 5) is 11.7. The molecule has 3 nitrogen and oxygen atoms in total. The van der Waals surface area contributed by atoms with Gasteiger partial charge in [-0.1, -0.05) is 12.1 Å². The fraction of sp³-hybridized carbons (Fsp3) is 0.429. The Kier molecular flexibility index (Phi) is 6.31. The normalized spacial score (nSPS) is 10.1. The average molecular weight is 263 g/mol. The van der Waals surface area contributed by atoms with Gasteiger partial charge in [-0.15, -0.1) is 0 Å². The average Bonchev–Trinajstić information content (AvgIpc) is 2.34. The van der Waals surface area contributed by atoms with E-state index in [2.05, 4.69) is 6.07 Å². The maximum Gasteiger partial charge on any atom is 0.338 e. The molecule has 0 saturated carbocycles. The van der Waals surface area contributed by atoms with Gasteiger partial charge in [0.25, 0.3) is 0 Å². The zero-order chi connectivity index (χ0) is 13.4. The number of nitriles is 1. The monoisotopic (exact) mass is 263 g/mol. The molecule has 1 aromatic carbocycles. The van der Waals surface area contributed by atoms with Crippen molar-refractivity contribution in [1.82, 2.24) is 0 Å². The van der Waals surface area contributed by atoms with E-state index in [9.17, 15) is 4.79 Å². The van der Waals surface area contributed by atoms with Crippen LogP contribution in [-0.2, 0) is 10.5 Å². The molecule has 96 valence electrons. The summed E-state index contributed by atoms with van der Waals surface area (Å²) in [7, 11) is 0. The Hall–Kier alpha value is -1.47. The Morgan fingerprint density at radius 3 is 2.94 bits per heavy atom. The minimum absolute atomic E-state index is 0.105. The van der Waals surface area contributed by atoms with E-state index in [1.54, 1.807) is 17.8 Å². The van der Waals surface area contributed by atoms with Gasteiger partial charge in [-0.2, -0.15) is 17.0 Å². The standard InChI is InChI=1S/C14H17NO2S/c1-11(2)17-14(16)13-6-3-5-12(9-13)10-18-8-4-7-15/h3,5-6,9,11H,4,8,10H2,1-2H3. The van der Waals surface area contributed by atoms with Crippen molar-refractivity contribution >= 4 is 17.7 Å². The van der Waals surface area contributed by atoms with Crippen molar-refractivity contribution in [3.05, 3.63) is 35.4 Å². The van der Waals surface area contributed by atoms with Crippen LogP contribution < -0.4 is 0 Å². The van der Waals surface area contributed by atoms with E-state index in [1.165, 1.54) is 0 Å². The second kappa shape index (κ2) is 7.78. The summed E-state index contributed by atoms with van der Waals surface area (Å²) in [5.74, 6) is 1.34. The fourth-order valence-corrected chi connectivity index (χ4v) is 2.17. The first-order valence-corrected chi connectivity index (χ1v) is 7.03. The maximum atomic E-state index is 11.7. The topological polar surface area (TPSA) is 50.1 Å². The van der Waals surface area contributed by atoms with E-state index < -0.39 is 0 Å². The molecule has 0 aliphatic rings. The van der Waals surface area contributed by atoms with Gasteiger partial charge in [0, 0.05) is 17.9 Å². The van der Waals surface area contributed by atoms with Crippen molar-refractivity contribution in [2.75, 3.05) is 5.75 Å². The smallest absolute Gasteiger partial charge is 0.338 e. The molecule has 4 heteroatoms. The molecule has 0 aliphatic heterocycles. The highest BCUT2D eigenvalue weighted by Gasteiger charge is 2.09. The van der Waals surface area contributed by atoms with Gasteiger partial charge in [-0.3, -0.25) is 0 Å². The van der Waals surface area contributed by atoms with Gasteiger partial charge in [0.2, 0.25) is 0 Å². The largest absolute Gasteiger partial charge is 0.459 e. The van der Waals surface area contributed by atoms with E-state index in [0.29, 0.717) is 12.0 Å². The summed E-state index contributed by atoms with van der Waals surface area (Å²) in [6.07, 6.45) is 0.450. The molecule has 0 heterocycles. The van der Waals surface area contributed by atoms with Crippen molar-refractivity contribution in [2.24, 2.45) is 0 Å². The van der Waals surface area contributed by atoms with E-state index in [4.69, 9.17) is 10.00 Å². The number of benzene rings is 1. The molecule has 0 aromatic heterocycles. The maximum absolute atomic E-state index is 11.7. The highest BCUT2D eigenvalue weighted by atomic mass is 32.2. The van der Waals surface area contributed by atoms with E-state index in [0.717, 1.165) is 17.1 Å². The number of rotatable bonds is 6. The second-order valence-electron chi connectivity index (χ2n) is 4.12. The van der Waals surface area contributed by atoms with Crippen LogP contribution in [0.4, 0.5) is 0 Å². The Bertz CT molecular complexity index is 438. The first-order valence-electron chi connectivity index (χ1n) is 5.88. The number of carbonyl (C=O) groups excluding carboxylic acids is 1. The molecule has 0 bridgehead atoms. The molecular weight excluding hydrogens is 246 g/mol. The molecule has 0 N–H and O–H groups in total. The number of hydrogen-bond donors (Lipinski definition) is 0. The summed E-state index contributed by atoms with van der Waals surface area (Å²) >= 11 is 1.69. The number of nitrogens with zero attached hydrogens (tertiary/aromatic N) is 1. The van der Waals surface area contributed by atoms with Gasteiger partial charge in [-0.05, 0) is 31.5 Å². The minimum atomic E-state index is -0.283. The number of hydrogen-bond acceptors (Lipinski definition) is 4. The minimum Gasteiger partial charge on any atom is -0.459 e. The van der Waals surface area contributed by atoms with Crippen LogP contribution in [0.1, 0.15) is 36.2 Å². The van der Waals surface area contributed by atoms with Gasteiger partial charge in [0.1, 0.15) is 0 Å². The van der Waals surface area contributed by atoms with E-state index in [-0.39, 0.29) is 12.1 Å². The molecule has 0 aliphatic carbocycles. The molecule has 0 radical (unpaired) electrons. The third-order valence-corrected chi connectivity index (χ3v) is 3.16. The fourth-order valence-electron chi connectivity index (χ4n) is 1.38. The number of esters is 1. The molecule has 1 rings (SSSR count). The first-order chi connectivity index (χ1) is 8.63. The quantitative estimate of drug-likeness (QED) is 0.583. The lowest BCUT2D eigenvalue weighted by Crippen LogP contribution is -2.11. The van der Waals surface area contributed by atoms with E-state index in [1.807, 2.05) is 32.0 Å². The number of ether oxygens (including phenoxy) is 1. The molecule has 0 amide bonds. The summed E-state index contributed by atoms with van der Waals surface area (Å²) in [5, 5.41) is 8.44. The molecule has 1 aromatic rings. The van der Waals surface area contributed by atoms with Crippen molar-refractivity contribution in [1.29, 1.82) is 5.26 Å². The van der Waals surface area contributed by atoms with Crippen LogP contribution in [0.25, 0.3) is 0 Å². The highest BCUT2D eigenvalue weighted by molar-refractivity contribution is 7.98. The van der Waals surface area contributed by atoms with Gasteiger partial charge in [-0.25, -0.2) is 4.79 Å². The molecule has 0 saturated heterocycles. The van der Waals surface area contributed by atoms with Crippen LogP contribution in [0, 0.1) is 11.3 Å². The van der Waals surface area contributed by atoms with Crippen LogP contribution in [0.5, 0.6) is 0 Å². The van der Waals surface area contributed by atoms with Crippen LogP contribution in [0.2, 0.25) is 0 Å². The summed E-state index contributed by atoms with van der Waals surface area (Å²) in [6, 6.07) is 9.56. The van der Waals surface area contributed by atoms with Crippen molar-refractivity contribution in [3.63, 3.8) is 0 Å². The second-order valence-corrected chi connectivity index (χ2v) is 5.22. The molecule has 0 fully saturated rings. The lowest BCUT2D eigenvalue weighted by molar-refractivity contribution is 0.0378. The summed E-state index contributed by atoms with van der Waals surface area (Å²) in [6.45, 7) is 3.67. The summed E-state index contributed by atoms with van der Waals surface area (Å²) in [5.41, 5.74) is 1.67. The number of thioether (sulfide) groups is 1. The molecule has 0 atom stereocenters. The van der Waals surface area contributed by atoms with Crippen LogP contribution >= 0.6 is 11.8 Å². The Balaban J connectivity index is 2.56. The van der Waals surface area contributed by atoms with Crippen LogP contribution in [0.3, 0.4) is 0 Å². The predicted molar refractivity (Wildman–Crippen MR) is 73.4 cm³/mol. The molecule has 0 spiro atoms. The van der Waals surface area contributed by atoms with Crippen molar-refractivity contribution < 1.29 is 9.53 Å². The van der Waals surface area contributed by atoms with Gasteiger partial charge in [0.05, 0.1) is 17.7 Å². The van der Waals surface area contributed by atoms with Crippen LogP contribution in [-0.4, -0.2) is 17.8 Å². The van der Waals surface area contributed by atoms with Crippen molar-refractivity contribution in [3.8, 4) is 6.07 Å². The Morgan fingerprint density at radius 2 is 2.28 bits per heavy atom. The molecule has 18 heavy (non-hydrogen) atoms. The van der Waals surface area contributed by atoms with Crippen molar-refractivity contribution in [2.45, 2.75) is 32.1 Å². The van der Waals surface area contributed by atoms with Crippen LogP contribution in [0.15, 0.2) is 24.3 Å². The lowest BCUT2D eigenvalue weighted by atomic mass is 10.1. The number of carbonyl (C=O) groups is 1. The third-order valence-electron chi connectivity index (χ3n) is 2.13. The Labute approximate surface area is 112 Å². The third kappa shape index (κ3) is 5.24. The van der Waals surface area contributed by atoms with E-state index >= 15 is 0 Å². The zero-order valence-electron chi connectivity index (χ0n) is 10.7. The molecule has 0 unspecified atom stereocenters.